The Labute approximate surface area is 122 Å². The molecule has 0 aliphatic heterocycles. The van der Waals surface area contributed by atoms with Crippen LogP contribution in [-0.2, 0) is 0 Å². The molecule has 0 spiro atoms. The highest BCUT2D eigenvalue weighted by Gasteiger charge is 2.16. The van der Waals surface area contributed by atoms with Gasteiger partial charge in [-0.05, 0) is 30.9 Å². The Morgan fingerprint density at radius 2 is 2.15 bits per heavy atom. The molecule has 2 heterocycles. The normalized spacial score (nSPS) is 16.4. The molecule has 0 aromatic carbocycles. The second-order valence-electron chi connectivity index (χ2n) is 5.30. The first-order valence-corrected chi connectivity index (χ1v) is 7.40. The number of imidazole rings is 1. The van der Waals surface area contributed by atoms with Gasteiger partial charge in [-0.15, -0.1) is 0 Å². The number of halogens is 1. The van der Waals surface area contributed by atoms with Crippen LogP contribution in [0.4, 0.5) is 0 Å². The average molecular weight is 293 g/mol. The predicted molar refractivity (Wildman–Crippen MR) is 76.9 cm³/mol. The molecule has 2 aromatic heterocycles. The average Bonchev–Trinajstić information content (AvgIpc) is 2.89. The van der Waals surface area contributed by atoms with E-state index in [1.165, 1.54) is 36.6 Å². The van der Waals surface area contributed by atoms with Crippen molar-refractivity contribution < 1.29 is 4.79 Å². The van der Waals surface area contributed by atoms with Gasteiger partial charge in [0.1, 0.15) is 10.8 Å². The van der Waals surface area contributed by atoms with Crippen LogP contribution in [0.15, 0.2) is 18.3 Å². The third-order valence-electron chi connectivity index (χ3n) is 3.80. The van der Waals surface area contributed by atoms with Gasteiger partial charge in [-0.3, -0.25) is 4.79 Å². The number of nitrogens with one attached hydrogen (secondary N) is 1. The fourth-order valence-electron chi connectivity index (χ4n) is 2.69. The summed E-state index contributed by atoms with van der Waals surface area (Å²) < 4.78 is 1.53. The molecule has 106 valence electrons. The number of hydrogen-bond donors (Lipinski definition) is 1. The zero-order valence-corrected chi connectivity index (χ0v) is 11.9. The molecule has 1 amide bonds. The highest BCUT2D eigenvalue weighted by molar-refractivity contribution is 6.29. The van der Waals surface area contributed by atoms with Crippen molar-refractivity contribution in [1.82, 2.24) is 19.9 Å². The van der Waals surface area contributed by atoms with Crippen molar-refractivity contribution in [2.24, 2.45) is 5.92 Å². The van der Waals surface area contributed by atoms with Crippen LogP contribution in [-0.4, -0.2) is 27.0 Å². The van der Waals surface area contributed by atoms with Crippen LogP contribution in [0.25, 0.3) is 5.65 Å². The highest BCUT2D eigenvalue weighted by atomic mass is 35.5. The van der Waals surface area contributed by atoms with Gasteiger partial charge < -0.3 is 5.32 Å². The monoisotopic (exact) mass is 292 g/mol. The van der Waals surface area contributed by atoms with Gasteiger partial charge in [0.25, 0.3) is 5.91 Å². The minimum atomic E-state index is -0.141. The topological polar surface area (TPSA) is 59.3 Å². The first-order valence-electron chi connectivity index (χ1n) is 7.02. The Balaban J connectivity index is 1.65. The number of rotatable bonds is 3. The van der Waals surface area contributed by atoms with Gasteiger partial charge >= 0.3 is 0 Å². The molecule has 0 atom stereocenters. The van der Waals surface area contributed by atoms with Crippen LogP contribution in [0.5, 0.6) is 0 Å². The second-order valence-corrected chi connectivity index (χ2v) is 5.69. The standard InChI is InChI=1S/C14H17ClN4O/c15-12-6-7-13-17-11(9-19(13)18-12)14(20)16-8-10-4-2-1-3-5-10/h6-7,9-10H,1-5,8H2,(H,16,20). The Bertz CT molecular complexity index is 619. The Kier molecular flexibility index (Phi) is 3.87. The summed E-state index contributed by atoms with van der Waals surface area (Å²) in [4.78, 5) is 16.3. The van der Waals surface area contributed by atoms with E-state index in [0.29, 0.717) is 22.4 Å². The van der Waals surface area contributed by atoms with E-state index in [4.69, 9.17) is 11.6 Å². The molecule has 1 fully saturated rings. The number of amides is 1. The van der Waals surface area contributed by atoms with E-state index in [9.17, 15) is 4.79 Å². The molecule has 2 aromatic rings. The van der Waals surface area contributed by atoms with E-state index in [2.05, 4.69) is 15.4 Å². The van der Waals surface area contributed by atoms with Gasteiger partial charge in [0.05, 0.1) is 6.20 Å². The van der Waals surface area contributed by atoms with Crippen molar-refractivity contribution in [2.45, 2.75) is 32.1 Å². The molecule has 1 aliphatic carbocycles. The first-order chi connectivity index (χ1) is 9.72. The van der Waals surface area contributed by atoms with Crippen LogP contribution in [0, 0.1) is 5.92 Å². The molecule has 1 aliphatic rings. The first kappa shape index (κ1) is 13.4. The molecule has 20 heavy (non-hydrogen) atoms. The van der Waals surface area contributed by atoms with Gasteiger partial charge in [0, 0.05) is 6.54 Å². The van der Waals surface area contributed by atoms with Gasteiger partial charge in [-0.1, -0.05) is 30.9 Å². The lowest BCUT2D eigenvalue weighted by Crippen LogP contribution is -2.30. The van der Waals surface area contributed by atoms with Crippen LogP contribution in [0.3, 0.4) is 0 Å². The van der Waals surface area contributed by atoms with Gasteiger partial charge in [0.2, 0.25) is 0 Å². The minimum Gasteiger partial charge on any atom is -0.350 e. The van der Waals surface area contributed by atoms with Gasteiger partial charge in [0.15, 0.2) is 5.65 Å². The molecule has 0 saturated heterocycles. The second kappa shape index (κ2) is 5.79. The molecular weight excluding hydrogens is 276 g/mol. The van der Waals surface area contributed by atoms with Crippen molar-refractivity contribution in [3.63, 3.8) is 0 Å². The maximum absolute atomic E-state index is 12.1. The van der Waals surface area contributed by atoms with E-state index < -0.39 is 0 Å². The summed E-state index contributed by atoms with van der Waals surface area (Å²) >= 11 is 5.81. The van der Waals surface area contributed by atoms with Crippen molar-refractivity contribution in [3.8, 4) is 0 Å². The number of nitrogens with zero attached hydrogens (tertiary/aromatic N) is 3. The van der Waals surface area contributed by atoms with E-state index in [0.717, 1.165) is 6.54 Å². The summed E-state index contributed by atoms with van der Waals surface area (Å²) in [7, 11) is 0. The summed E-state index contributed by atoms with van der Waals surface area (Å²) in [5.41, 5.74) is 1.01. The van der Waals surface area contributed by atoms with Gasteiger partial charge in [-0.2, -0.15) is 5.10 Å². The summed E-state index contributed by atoms with van der Waals surface area (Å²) in [5.74, 6) is 0.467. The minimum absolute atomic E-state index is 0.141. The molecule has 0 unspecified atom stereocenters. The molecule has 1 saturated carbocycles. The van der Waals surface area contributed by atoms with Crippen LogP contribution >= 0.6 is 11.6 Å². The predicted octanol–water partition coefficient (Wildman–Crippen LogP) is 2.69. The van der Waals surface area contributed by atoms with Crippen molar-refractivity contribution >= 4 is 23.2 Å². The molecule has 1 N–H and O–H groups in total. The van der Waals surface area contributed by atoms with Gasteiger partial charge in [-0.25, -0.2) is 9.50 Å². The maximum atomic E-state index is 12.1. The van der Waals surface area contributed by atoms with Crippen LogP contribution in [0.1, 0.15) is 42.6 Å². The zero-order chi connectivity index (χ0) is 13.9. The summed E-state index contributed by atoms with van der Waals surface area (Å²) in [6, 6.07) is 3.40. The molecular formula is C14H17ClN4O. The number of carbonyl (C=O) groups is 1. The Morgan fingerprint density at radius 3 is 2.95 bits per heavy atom. The van der Waals surface area contributed by atoms with E-state index >= 15 is 0 Å². The molecule has 5 nitrogen and oxygen atoms in total. The molecule has 6 heteroatoms. The van der Waals surface area contributed by atoms with Crippen molar-refractivity contribution in [1.29, 1.82) is 0 Å². The number of carbonyl (C=O) groups excluding carboxylic acids is 1. The number of aromatic nitrogens is 3. The van der Waals surface area contributed by atoms with Crippen molar-refractivity contribution in [3.05, 3.63) is 29.2 Å². The fourth-order valence-corrected chi connectivity index (χ4v) is 2.83. The molecule has 3 rings (SSSR count). The quantitative estimate of drug-likeness (QED) is 0.946. The maximum Gasteiger partial charge on any atom is 0.271 e. The summed E-state index contributed by atoms with van der Waals surface area (Å²) in [6.07, 6.45) is 7.90. The molecule has 0 radical (unpaired) electrons. The zero-order valence-electron chi connectivity index (χ0n) is 11.2. The van der Waals surface area contributed by atoms with Crippen LogP contribution < -0.4 is 5.32 Å². The highest BCUT2D eigenvalue weighted by Crippen LogP contribution is 2.22. The van der Waals surface area contributed by atoms with E-state index in [1.54, 1.807) is 18.3 Å². The largest absolute Gasteiger partial charge is 0.350 e. The van der Waals surface area contributed by atoms with E-state index in [1.807, 2.05) is 0 Å². The third-order valence-corrected chi connectivity index (χ3v) is 4.00. The summed E-state index contributed by atoms with van der Waals surface area (Å²) in [5, 5.41) is 7.42. The third kappa shape index (κ3) is 2.93. The number of hydrogen-bond acceptors (Lipinski definition) is 3. The lowest BCUT2D eigenvalue weighted by atomic mass is 9.89. The Morgan fingerprint density at radius 1 is 1.35 bits per heavy atom. The SMILES string of the molecule is O=C(NCC1CCCCC1)c1cn2nc(Cl)ccc2n1. The molecule has 0 bridgehead atoms. The number of fused-ring (bicyclic) bond motifs is 1. The van der Waals surface area contributed by atoms with Crippen molar-refractivity contribution in [2.75, 3.05) is 6.54 Å². The van der Waals surface area contributed by atoms with Crippen LogP contribution in [0.2, 0.25) is 5.15 Å². The smallest absolute Gasteiger partial charge is 0.271 e. The lowest BCUT2D eigenvalue weighted by molar-refractivity contribution is 0.0939. The fraction of sp³-hybridized carbons (Fsp3) is 0.500. The van der Waals surface area contributed by atoms with E-state index in [-0.39, 0.29) is 5.91 Å². The summed E-state index contributed by atoms with van der Waals surface area (Å²) in [6.45, 7) is 0.737. The lowest BCUT2D eigenvalue weighted by Gasteiger charge is -2.21. The Hall–Kier alpha value is -1.62.